The molecule has 1 atom stereocenters. The van der Waals surface area contributed by atoms with E-state index in [-0.39, 0.29) is 5.06 Å². The third-order valence-electron chi connectivity index (χ3n) is 2.06. The zero-order chi connectivity index (χ0) is 13.4. The molecule has 0 spiro atoms. The van der Waals surface area contributed by atoms with Crippen LogP contribution in [0, 0.1) is 5.92 Å². The van der Waals surface area contributed by atoms with E-state index in [0.29, 0.717) is 0 Å². The van der Waals surface area contributed by atoms with Crippen LogP contribution in [-0.2, 0) is 29.3 Å². The van der Waals surface area contributed by atoms with Crippen LogP contribution in [0.1, 0.15) is 20.3 Å². The number of carbonyl (C=O) groups excluding carboxylic acids is 3. The summed E-state index contributed by atoms with van der Waals surface area (Å²) >= 11 is 0. The van der Waals surface area contributed by atoms with Gasteiger partial charge in [-0.2, -0.15) is 0 Å². The minimum absolute atomic E-state index is 0.0441. The molecular weight excluding hydrogens is 254 g/mol. The quantitative estimate of drug-likeness (QED) is 0.462. The van der Waals surface area contributed by atoms with E-state index < -0.39 is 45.5 Å². The standard InChI is InChI=1S/C8H11NO7S/c1-4(2)8(12)16-9-6(10)3-5(7(9)11)17(13,14)15/h4-5H,3H2,1-2H3,(H,13,14,15)/p-1. The summed E-state index contributed by atoms with van der Waals surface area (Å²) in [6.45, 7) is 2.93. The Balaban J connectivity index is 2.87. The molecule has 0 saturated carbocycles. The summed E-state index contributed by atoms with van der Waals surface area (Å²) < 4.78 is 32.0. The van der Waals surface area contributed by atoms with Crippen molar-refractivity contribution >= 4 is 27.9 Å². The van der Waals surface area contributed by atoms with Gasteiger partial charge in [0.25, 0.3) is 11.8 Å². The Hall–Kier alpha value is -1.48. The van der Waals surface area contributed by atoms with Crippen LogP contribution in [0.25, 0.3) is 0 Å². The van der Waals surface area contributed by atoms with Gasteiger partial charge < -0.3 is 9.39 Å². The molecule has 0 aliphatic carbocycles. The van der Waals surface area contributed by atoms with E-state index in [1.54, 1.807) is 0 Å². The predicted octanol–water partition coefficient (Wildman–Crippen LogP) is -1.23. The van der Waals surface area contributed by atoms with Crippen LogP contribution in [-0.4, -0.2) is 41.1 Å². The van der Waals surface area contributed by atoms with Gasteiger partial charge in [0.15, 0.2) is 0 Å². The molecule has 96 valence electrons. The molecular formula is C8H10NO7S-. The molecule has 8 nitrogen and oxygen atoms in total. The number of amides is 2. The fourth-order valence-electron chi connectivity index (χ4n) is 1.10. The highest BCUT2D eigenvalue weighted by molar-refractivity contribution is 7.87. The molecule has 1 aliphatic rings. The van der Waals surface area contributed by atoms with E-state index in [0.717, 1.165) is 0 Å². The van der Waals surface area contributed by atoms with Gasteiger partial charge in [-0.3, -0.25) is 9.59 Å². The third kappa shape index (κ3) is 2.80. The van der Waals surface area contributed by atoms with Crippen LogP contribution in [0.2, 0.25) is 0 Å². The maximum absolute atomic E-state index is 11.4. The van der Waals surface area contributed by atoms with E-state index >= 15 is 0 Å². The molecule has 0 aromatic heterocycles. The van der Waals surface area contributed by atoms with Gasteiger partial charge in [-0.15, -0.1) is 5.06 Å². The Morgan fingerprint density at radius 2 is 2.00 bits per heavy atom. The Kier molecular flexibility index (Phi) is 3.53. The fourth-order valence-corrected chi connectivity index (χ4v) is 1.79. The lowest BCUT2D eigenvalue weighted by atomic mass is 10.2. The molecule has 1 fully saturated rings. The van der Waals surface area contributed by atoms with Crippen LogP contribution in [0.3, 0.4) is 0 Å². The van der Waals surface area contributed by atoms with E-state index in [2.05, 4.69) is 4.84 Å². The second-order valence-corrected chi connectivity index (χ2v) is 5.33. The molecule has 0 aromatic rings. The zero-order valence-electron chi connectivity index (χ0n) is 9.08. The van der Waals surface area contributed by atoms with E-state index in [1.165, 1.54) is 13.8 Å². The van der Waals surface area contributed by atoms with E-state index in [9.17, 15) is 27.4 Å². The molecule has 1 rings (SSSR count). The average Bonchev–Trinajstić information content (AvgIpc) is 2.44. The molecule has 1 saturated heterocycles. The van der Waals surface area contributed by atoms with Crippen LogP contribution in [0.15, 0.2) is 0 Å². The molecule has 17 heavy (non-hydrogen) atoms. The van der Waals surface area contributed by atoms with Crippen molar-refractivity contribution in [2.45, 2.75) is 25.5 Å². The van der Waals surface area contributed by atoms with Crippen LogP contribution in [0.4, 0.5) is 0 Å². The SMILES string of the molecule is CC(C)C(=O)ON1C(=O)CC(S(=O)(=O)[O-])C1=O. The van der Waals surface area contributed by atoms with Gasteiger partial charge in [0.05, 0.1) is 12.3 Å². The highest BCUT2D eigenvalue weighted by Crippen LogP contribution is 2.20. The maximum atomic E-state index is 11.4. The minimum Gasteiger partial charge on any atom is -0.747 e. The zero-order valence-corrected chi connectivity index (χ0v) is 9.89. The summed E-state index contributed by atoms with van der Waals surface area (Å²) in [5.74, 6) is -3.80. The van der Waals surface area contributed by atoms with Crippen molar-refractivity contribution in [1.29, 1.82) is 0 Å². The molecule has 1 unspecified atom stereocenters. The lowest BCUT2D eigenvalue weighted by Gasteiger charge is -2.16. The summed E-state index contributed by atoms with van der Waals surface area (Å²) in [6, 6.07) is 0. The highest BCUT2D eigenvalue weighted by Gasteiger charge is 2.45. The van der Waals surface area contributed by atoms with Crippen molar-refractivity contribution in [2.24, 2.45) is 5.92 Å². The Morgan fingerprint density at radius 3 is 2.35 bits per heavy atom. The van der Waals surface area contributed by atoms with Crippen molar-refractivity contribution in [3.8, 4) is 0 Å². The summed E-state index contributed by atoms with van der Waals surface area (Å²) in [7, 11) is -4.93. The van der Waals surface area contributed by atoms with Crippen molar-refractivity contribution in [2.75, 3.05) is 0 Å². The van der Waals surface area contributed by atoms with Crippen LogP contribution >= 0.6 is 0 Å². The molecule has 2 amide bonds. The molecule has 9 heteroatoms. The summed E-state index contributed by atoms with van der Waals surface area (Å²) in [4.78, 5) is 38.2. The van der Waals surface area contributed by atoms with Crippen molar-refractivity contribution < 1.29 is 32.2 Å². The van der Waals surface area contributed by atoms with Gasteiger partial charge in [-0.1, -0.05) is 13.8 Å². The third-order valence-corrected chi connectivity index (χ3v) is 3.13. The summed E-state index contributed by atoms with van der Waals surface area (Å²) in [5, 5.41) is -1.96. The topological polar surface area (TPSA) is 121 Å². The monoisotopic (exact) mass is 264 g/mol. The molecule has 1 aliphatic heterocycles. The summed E-state index contributed by atoms with van der Waals surface area (Å²) in [5.41, 5.74) is 0. The second kappa shape index (κ2) is 4.41. The fraction of sp³-hybridized carbons (Fsp3) is 0.625. The molecule has 0 N–H and O–H groups in total. The average molecular weight is 264 g/mol. The first-order chi connectivity index (χ1) is 7.64. The Labute approximate surface area is 97.2 Å². The maximum Gasteiger partial charge on any atom is 0.335 e. The number of rotatable bonds is 3. The largest absolute Gasteiger partial charge is 0.747 e. The van der Waals surface area contributed by atoms with Gasteiger partial charge in [0, 0.05) is 0 Å². The van der Waals surface area contributed by atoms with Crippen LogP contribution < -0.4 is 0 Å². The second-order valence-electron chi connectivity index (χ2n) is 3.78. The first-order valence-electron chi connectivity index (χ1n) is 4.68. The lowest BCUT2D eigenvalue weighted by molar-refractivity contribution is -0.199. The number of hydrogen-bond acceptors (Lipinski definition) is 7. The van der Waals surface area contributed by atoms with Gasteiger partial charge in [0.2, 0.25) is 0 Å². The molecule has 0 radical (unpaired) electrons. The number of hydrogen-bond donors (Lipinski definition) is 0. The number of imide groups is 1. The minimum atomic E-state index is -4.93. The van der Waals surface area contributed by atoms with Crippen LogP contribution in [0.5, 0.6) is 0 Å². The number of nitrogens with zero attached hydrogens (tertiary/aromatic N) is 1. The van der Waals surface area contributed by atoms with Crippen molar-refractivity contribution in [3.05, 3.63) is 0 Å². The molecule has 0 aromatic carbocycles. The van der Waals surface area contributed by atoms with Crippen molar-refractivity contribution in [3.63, 3.8) is 0 Å². The molecule has 1 heterocycles. The number of hydroxylamine groups is 2. The smallest absolute Gasteiger partial charge is 0.335 e. The predicted molar refractivity (Wildman–Crippen MR) is 50.9 cm³/mol. The van der Waals surface area contributed by atoms with Crippen molar-refractivity contribution in [1.82, 2.24) is 5.06 Å². The van der Waals surface area contributed by atoms with Gasteiger partial charge in [-0.05, 0) is 0 Å². The number of carbonyl (C=O) groups is 3. The Bertz CT molecular complexity index is 466. The Morgan fingerprint density at radius 1 is 1.47 bits per heavy atom. The van der Waals surface area contributed by atoms with Gasteiger partial charge >= 0.3 is 5.97 Å². The summed E-state index contributed by atoms with van der Waals surface area (Å²) in [6.07, 6.45) is -0.796. The normalized spacial score (nSPS) is 21.2. The lowest BCUT2D eigenvalue weighted by Crippen LogP contribution is -2.37. The first-order valence-corrected chi connectivity index (χ1v) is 6.15. The molecule has 0 bridgehead atoms. The van der Waals surface area contributed by atoms with Gasteiger partial charge in [0.1, 0.15) is 15.4 Å². The van der Waals surface area contributed by atoms with E-state index in [1.807, 2.05) is 0 Å². The van der Waals surface area contributed by atoms with Gasteiger partial charge in [-0.25, -0.2) is 13.2 Å². The van der Waals surface area contributed by atoms with E-state index in [4.69, 9.17) is 0 Å². The first kappa shape index (κ1) is 13.6. The highest BCUT2D eigenvalue weighted by atomic mass is 32.2.